The minimum atomic E-state index is -0.295. The van der Waals surface area contributed by atoms with Gasteiger partial charge in [0.1, 0.15) is 28.5 Å². The first kappa shape index (κ1) is 36.1. The Morgan fingerprint density at radius 3 is 2.09 bits per heavy atom. The van der Waals surface area contributed by atoms with Gasteiger partial charge in [0.25, 0.3) is 0 Å². The Hall–Kier alpha value is -4.90. The number of rotatable bonds is 5. The summed E-state index contributed by atoms with van der Waals surface area (Å²) in [5, 5.41) is 0. The molecule has 5 nitrogen and oxygen atoms in total. The third-order valence-electron chi connectivity index (χ3n) is 12.4. The molecule has 3 heterocycles. The number of pyridine rings is 1. The molecule has 0 amide bonds. The highest BCUT2D eigenvalue weighted by Crippen LogP contribution is 2.53. The number of aromatic nitrogens is 1. The first-order valence-corrected chi connectivity index (χ1v) is 19.6. The minimum Gasteiger partial charge on any atom is -0.469 e. The van der Waals surface area contributed by atoms with Gasteiger partial charge in [-0.2, -0.15) is 0 Å². The topological polar surface area (TPSA) is 47.0 Å². The van der Waals surface area contributed by atoms with Crippen molar-refractivity contribution in [2.75, 3.05) is 4.90 Å². The number of aliphatic imine (C=N–C) groups is 1. The molecular formula is C49H55N3O2. The van der Waals surface area contributed by atoms with Crippen LogP contribution in [0.2, 0.25) is 0 Å². The van der Waals surface area contributed by atoms with Crippen LogP contribution in [0.15, 0.2) is 84.0 Å². The molecule has 0 unspecified atom stereocenters. The van der Waals surface area contributed by atoms with Crippen molar-refractivity contribution >= 4 is 23.1 Å². The number of hydrogen-bond donors (Lipinski definition) is 0. The summed E-state index contributed by atoms with van der Waals surface area (Å²) in [4.78, 5) is 12.7. The molecule has 8 rings (SSSR count). The summed E-state index contributed by atoms with van der Waals surface area (Å²) in [6, 6.07) is 26.8. The van der Waals surface area contributed by atoms with E-state index in [1.807, 2.05) is 6.20 Å². The molecule has 5 heteroatoms. The molecule has 278 valence electrons. The second-order valence-corrected chi connectivity index (χ2v) is 18.3. The van der Waals surface area contributed by atoms with Crippen LogP contribution in [0.1, 0.15) is 118 Å². The Labute approximate surface area is 322 Å². The second kappa shape index (κ2) is 12.3. The molecule has 4 aromatic carbocycles. The van der Waals surface area contributed by atoms with E-state index in [4.69, 9.17) is 19.5 Å². The van der Waals surface area contributed by atoms with E-state index in [-0.39, 0.29) is 22.0 Å². The summed E-state index contributed by atoms with van der Waals surface area (Å²) < 4.78 is 13.7. The lowest BCUT2D eigenvalue weighted by molar-refractivity contribution is 0.0580. The number of ether oxygens (including phenoxy) is 2. The van der Waals surface area contributed by atoms with Crippen LogP contribution in [0.25, 0.3) is 11.1 Å². The number of nitrogens with zero attached hydrogens (tertiary/aromatic N) is 3. The van der Waals surface area contributed by atoms with Gasteiger partial charge in [0.2, 0.25) is 5.90 Å². The van der Waals surface area contributed by atoms with Gasteiger partial charge in [0, 0.05) is 28.8 Å². The van der Waals surface area contributed by atoms with Gasteiger partial charge in [-0.25, -0.2) is 9.98 Å². The van der Waals surface area contributed by atoms with E-state index in [9.17, 15) is 0 Å². The fourth-order valence-electron chi connectivity index (χ4n) is 9.26. The number of anilines is 3. The Morgan fingerprint density at radius 1 is 0.704 bits per heavy atom. The molecule has 0 saturated heterocycles. The molecule has 2 aliphatic heterocycles. The van der Waals surface area contributed by atoms with Crippen molar-refractivity contribution < 1.29 is 9.47 Å². The van der Waals surface area contributed by atoms with E-state index < -0.39 is 0 Å². The molecule has 0 spiro atoms. The molecule has 0 bridgehead atoms. The van der Waals surface area contributed by atoms with Crippen molar-refractivity contribution in [2.45, 2.75) is 124 Å². The van der Waals surface area contributed by atoms with Crippen molar-refractivity contribution in [1.29, 1.82) is 0 Å². The lowest BCUT2D eigenvalue weighted by atomic mass is 9.72. The average molecular weight is 718 g/mol. The Bertz CT molecular complexity index is 2360. The number of benzene rings is 4. The van der Waals surface area contributed by atoms with Crippen LogP contribution in [0.4, 0.5) is 17.2 Å². The fraction of sp³-hybridized carbons (Fsp3) is 0.388. The molecule has 3 aliphatic rings. The van der Waals surface area contributed by atoms with Gasteiger partial charge in [-0.15, -0.1) is 0 Å². The van der Waals surface area contributed by atoms with E-state index in [0.717, 1.165) is 70.2 Å². The van der Waals surface area contributed by atoms with E-state index in [0.29, 0.717) is 5.90 Å². The van der Waals surface area contributed by atoms with Crippen molar-refractivity contribution in [1.82, 2.24) is 4.98 Å². The van der Waals surface area contributed by atoms with E-state index >= 15 is 0 Å². The van der Waals surface area contributed by atoms with Gasteiger partial charge in [-0.05, 0) is 160 Å². The van der Waals surface area contributed by atoms with Crippen molar-refractivity contribution in [3.8, 4) is 22.6 Å². The average Bonchev–Trinajstić information content (AvgIpc) is 3.50. The van der Waals surface area contributed by atoms with Gasteiger partial charge < -0.3 is 9.47 Å². The van der Waals surface area contributed by atoms with Gasteiger partial charge in [-0.3, -0.25) is 4.90 Å². The van der Waals surface area contributed by atoms with Crippen LogP contribution in [0, 0.1) is 34.6 Å². The predicted molar refractivity (Wildman–Crippen MR) is 224 cm³/mol. The quantitative estimate of drug-likeness (QED) is 0.182. The van der Waals surface area contributed by atoms with Gasteiger partial charge in [0.05, 0.1) is 11.4 Å². The van der Waals surface area contributed by atoms with Crippen LogP contribution < -0.4 is 9.64 Å². The zero-order valence-corrected chi connectivity index (χ0v) is 34.3. The first-order valence-electron chi connectivity index (χ1n) is 19.6. The lowest BCUT2D eigenvalue weighted by Gasteiger charge is -2.42. The minimum absolute atomic E-state index is 0.0256. The first-order chi connectivity index (χ1) is 25.3. The summed E-state index contributed by atoms with van der Waals surface area (Å²) in [7, 11) is 0. The van der Waals surface area contributed by atoms with Gasteiger partial charge in [-0.1, -0.05) is 64.4 Å². The van der Waals surface area contributed by atoms with Gasteiger partial charge in [0.15, 0.2) is 0 Å². The molecule has 0 N–H and O–H groups in total. The molecule has 1 saturated carbocycles. The maximum Gasteiger partial charge on any atom is 0.217 e. The summed E-state index contributed by atoms with van der Waals surface area (Å²) in [5.74, 6) is 3.18. The zero-order valence-electron chi connectivity index (χ0n) is 34.3. The van der Waals surface area contributed by atoms with E-state index in [1.54, 1.807) is 0 Å². The highest BCUT2D eigenvalue weighted by molar-refractivity contribution is 5.98. The standard InChI is InChI=1S/C49H55N3O2/c1-29-18-32(4)43(33(5)19-29)34-23-35(45-51-48(11)16-13-17-49(48,12)54-45)25-39(24-34)53-38-21-30(2)20-37(27-38)52-42-15-14-36(46(6,7)8)26-40(42)47(9,10)41-22-31(3)28-50-44(41)52/h14-15,18-28H,13,16-17H2,1-12H3/t48-,49+/m1/s1. The SMILES string of the molecule is Cc1cc(Oc2cc(C3=N[C@]4(C)CCC[C@]4(C)O3)cc(-c3c(C)cc(C)cc3C)c2)cc(N2c3ccc(C(C)(C)C)cc3C(C)(C)c3cc(C)cnc32)c1. The Kier molecular flexibility index (Phi) is 8.23. The fourth-order valence-corrected chi connectivity index (χ4v) is 9.26. The number of fused-ring (bicyclic) bond motifs is 3. The van der Waals surface area contributed by atoms with Crippen LogP contribution >= 0.6 is 0 Å². The van der Waals surface area contributed by atoms with Crippen molar-refractivity contribution in [2.24, 2.45) is 4.99 Å². The molecular weight excluding hydrogens is 663 g/mol. The van der Waals surface area contributed by atoms with E-state index in [1.165, 1.54) is 38.9 Å². The molecule has 1 aliphatic carbocycles. The molecule has 1 aromatic heterocycles. The highest BCUT2D eigenvalue weighted by atomic mass is 16.5. The number of aryl methyl sites for hydroxylation is 5. The molecule has 54 heavy (non-hydrogen) atoms. The summed E-state index contributed by atoms with van der Waals surface area (Å²) >= 11 is 0. The van der Waals surface area contributed by atoms with Crippen LogP contribution in [0.5, 0.6) is 11.5 Å². The van der Waals surface area contributed by atoms with Gasteiger partial charge >= 0.3 is 0 Å². The third kappa shape index (κ3) is 5.91. The second-order valence-electron chi connectivity index (χ2n) is 18.3. The zero-order chi connectivity index (χ0) is 38.5. The van der Waals surface area contributed by atoms with E-state index in [2.05, 4.69) is 161 Å². The Morgan fingerprint density at radius 2 is 1.39 bits per heavy atom. The van der Waals surface area contributed by atoms with Crippen molar-refractivity contribution in [3.63, 3.8) is 0 Å². The predicted octanol–water partition coefficient (Wildman–Crippen LogP) is 13.0. The molecule has 0 radical (unpaired) electrons. The van der Waals surface area contributed by atoms with Crippen LogP contribution in [-0.4, -0.2) is 22.0 Å². The summed E-state index contributed by atoms with van der Waals surface area (Å²) in [5.41, 5.74) is 14.5. The van der Waals surface area contributed by atoms with Crippen LogP contribution in [0.3, 0.4) is 0 Å². The monoisotopic (exact) mass is 717 g/mol. The normalized spacial score (nSPS) is 21.3. The van der Waals surface area contributed by atoms with Crippen LogP contribution in [-0.2, 0) is 15.6 Å². The third-order valence-corrected chi connectivity index (χ3v) is 12.4. The van der Waals surface area contributed by atoms with Crippen molar-refractivity contribution in [3.05, 3.63) is 129 Å². The number of hydrogen-bond acceptors (Lipinski definition) is 5. The smallest absolute Gasteiger partial charge is 0.217 e. The molecule has 1 fully saturated rings. The maximum atomic E-state index is 6.94. The Balaban J connectivity index is 1.26. The highest BCUT2D eigenvalue weighted by Gasteiger charge is 2.55. The summed E-state index contributed by atoms with van der Waals surface area (Å²) in [6.45, 7) is 26.8. The molecule has 2 atom stereocenters. The largest absolute Gasteiger partial charge is 0.469 e. The summed E-state index contributed by atoms with van der Waals surface area (Å²) in [6.07, 6.45) is 5.15. The lowest BCUT2D eigenvalue weighted by Crippen LogP contribution is -2.41. The maximum absolute atomic E-state index is 6.94. The molecule has 5 aromatic rings.